The third-order valence-corrected chi connectivity index (χ3v) is 5.07. The molecule has 6 heteroatoms. The summed E-state index contributed by atoms with van der Waals surface area (Å²) in [4.78, 5) is 13.3. The van der Waals surface area contributed by atoms with Crippen LogP contribution in [-0.4, -0.2) is 11.2 Å². The maximum atomic E-state index is 13.8. The van der Waals surface area contributed by atoms with Crippen LogP contribution in [0.25, 0.3) is 0 Å². The summed E-state index contributed by atoms with van der Waals surface area (Å²) in [6.45, 7) is 1.92. The molecule has 0 aromatic heterocycles. The van der Waals surface area contributed by atoms with E-state index < -0.39 is 5.82 Å². The molecule has 0 fully saturated rings. The van der Waals surface area contributed by atoms with Crippen molar-refractivity contribution >= 4 is 50.9 Å². The van der Waals surface area contributed by atoms with Gasteiger partial charge >= 0.3 is 0 Å². The summed E-state index contributed by atoms with van der Waals surface area (Å²) in [7, 11) is 0. The highest BCUT2D eigenvalue weighted by Crippen LogP contribution is 2.28. The average Bonchev–Trinajstić information content (AvgIpc) is 2.49. The van der Waals surface area contributed by atoms with Crippen LogP contribution in [0.15, 0.2) is 51.8 Å². The summed E-state index contributed by atoms with van der Waals surface area (Å²) < 4.78 is 14.4. The van der Waals surface area contributed by atoms with Crippen molar-refractivity contribution in [3.05, 3.63) is 57.8 Å². The molecule has 0 spiro atoms. The standard InChI is InChI=1S/C16H14BrClFNOS/c1-2-15(22-12-6-4-11(18)5-7-12)16(21)20-14-8-3-10(17)9-13(14)19/h3-9,15H,2H2,1H3,(H,20,21). The molecule has 1 N–H and O–H groups in total. The van der Waals surface area contributed by atoms with E-state index in [1.807, 2.05) is 19.1 Å². The smallest absolute Gasteiger partial charge is 0.237 e. The van der Waals surface area contributed by atoms with E-state index in [-0.39, 0.29) is 16.8 Å². The number of carbonyl (C=O) groups is 1. The van der Waals surface area contributed by atoms with Gasteiger partial charge in [0.2, 0.25) is 5.91 Å². The number of amides is 1. The molecule has 2 aromatic carbocycles. The predicted molar refractivity (Wildman–Crippen MR) is 94.1 cm³/mol. The molecule has 116 valence electrons. The zero-order valence-electron chi connectivity index (χ0n) is 11.8. The molecule has 1 amide bonds. The highest BCUT2D eigenvalue weighted by molar-refractivity contribution is 9.10. The molecule has 1 unspecified atom stereocenters. The summed E-state index contributed by atoms with van der Waals surface area (Å²) in [6, 6.07) is 11.8. The Balaban J connectivity index is 2.06. The van der Waals surface area contributed by atoms with Crippen molar-refractivity contribution in [1.82, 2.24) is 0 Å². The Labute approximate surface area is 146 Å². The Bertz CT molecular complexity index is 666. The first-order chi connectivity index (χ1) is 10.5. The molecule has 0 saturated carbocycles. The first kappa shape index (κ1) is 17.3. The lowest BCUT2D eigenvalue weighted by Gasteiger charge is -2.15. The fraction of sp³-hybridized carbons (Fsp3) is 0.188. The SMILES string of the molecule is CCC(Sc1ccc(Cl)cc1)C(=O)Nc1ccc(Br)cc1F. The molecule has 0 aliphatic heterocycles. The second-order valence-corrected chi connectivity index (χ2v) is 7.21. The van der Waals surface area contributed by atoms with Gasteiger partial charge in [0.1, 0.15) is 5.82 Å². The van der Waals surface area contributed by atoms with E-state index in [0.717, 1.165) is 4.90 Å². The van der Waals surface area contributed by atoms with Gasteiger partial charge in [-0.2, -0.15) is 0 Å². The molecule has 1 atom stereocenters. The van der Waals surface area contributed by atoms with Gasteiger partial charge in [0.25, 0.3) is 0 Å². The van der Waals surface area contributed by atoms with Crippen LogP contribution in [0.5, 0.6) is 0 Å². The third-order valence-electron chi connectivity index (χ3n) is 2.94. The van der Waals surface area contributed by atoms with Gasteiger partial charge in [0, 0.05) is 14.4 Å². The van der Waals surface area contributed by atoms with Crippen LogP contribution < -0.4 is 5.32 Å². The van der Waals surface area contributed by atoms with Gasteiger partial charge in [-0.3, -0.25) is 4.79 Å². The zero-order valence-corrected chi connectivity index (χ0v) is 14.9. The highest BCUT2D eigenvalue weighted by Gasteiger charge is 2.19. The number of halogens is 3. The van der Waals surface area contributed by atoms with E-state index in [4.69, 9.17) is 11.6 Å². The molecule has 2 aromatic rings. The minimum atomic E-state index is -0.464. The van der Waals surface area contributed by atoms with E-state index in [2.05, 4.69) is 21.2 Å². The topological polar surface area (TPSA) is 29.1 Å². The first-order valence-corrected chi connectivity index (χ1v) is 8.72. The zero-order chi connectivity index (χ0) is 16.1. The predicted octanol–water partition coefficient (Wildman–Crippen LogP) is 5.75. The molecular weight excluding hydrogens is 389 g/mol. The van der Waals surface area contributed by atoms with Crippen LogP contribution >= 0.6 is 39.3 Å². The monoisotopic (exact) mass is 401 g/mol. The number of carbonyl (C=O) groups excluding carboxylic acids is 1. The van der Waals surface area contributed by atoms with Gasteiger partial charge in [-0.25, -0.2) is 4.39 Å². The lowest BCUT2D eigenvalue weighted by Crippen LogP contribution is -2.25. The highest BCUT2D eigenvalue weighted by atomic mass is 79.9. The lowest BCUT2D eigenvalue weighted by atomic mass is 10.2. The first-order valence-electron chi connectivity index (χ1n) is 6.67. The van der Waals surface area contributed by atoms with Gasteiger partial charge < -0.3 is 5.32 Å². The van der Waals surface area contributed by atoms with Crippen LogP contribution in [0.3, 0.4) is 0 Å². The quantitative estimate of drug-likeness (QED) is 0.645. The molecule has 2 nitrogen and oxygen atoms in total. The molecular formula is C16H14BrClFNOS. The van der Waals surface area contributed by atoms with E-state index in [1.54, 1.807) is 18.2 Å². The molecule has 2 rings (SSSR count). The minimum absolute atomic E-state index is 0.184. The number of nitrogens with one attached hydrogen (secondary N) is 1. The maximum Gasteiger partial charge on any atom is 0.237 e. The number of hydrogen-bond donors (Lipinski definition) is 1. The van der Waals surface area contributed by atoms with Crippen LogP contribution in [0.2, 0.25) is 5.02 Å². The van der Waals surface area contributed by atoms with Crippen molar-refractivity contribution in [1.29, 1.82) is 0 Å². The Kier molecular flexibility index (Phi) is 6.29. The molecule has 0 bridgehead atoms. The van der Waals surface area contributed by atoms with E-state index in [0.29, 0.717) is 15.9 Å². The Morgan fingerprint density at radius 3 is 2.59 bits per heavy atom. The molecule has 0 aliphatic rings. The van der Waals surface area contributed by atoms with Gasteiger partial charge in [0.15, 0.2) is 0 Å². The third kappa shape index (κ3) is 4.73. The Morgan fingerprint density at radius 1 is 1.32 bits per heavy atom. The number of rotatable bonds is 5. The van der Waals surface area contributed by atoms with Crippen molar-refractivity contribution in [2.75, 3.05) is 5.32 Å². The lowest BCUT2D eigenvalue weighted by molar-refractivity contribution is -0.115. The second-order valence-electron chi connectivity index (χ2n) is 4.58. The number of benzene rings is 2. The average molecular weight is 403 g/mol. The Morgan fingerprint density at radius 2 is 2.00 bits per heavy atom. The minimum Gasteiger partial charge on any atom is -0.323 e. The van der Waals surface area contributed by atoms with Crippen LogP contribution in [0.4, 0.5) is 10.1 Å². The molecule has 0 radical (unpaired) electrons. The Hall–Kier alpha value is -1.04. The molecule has 0 aliphatic carbocycles. The van der Waals surface area contributed by atoms with E-state index in [1.165, 1.54) is 23.9 Å². The summed E-state index contributed by atoms with van der Waals surface area (Å²) >= 11 is 10.5. The number of hydrogen-bond acceptors (Lipinski definition) is 2. The maximum absolute atomic E-state index is 13.8. The van der Waals surface area contributed by atoms with Gasteiger partial charge in [-0.1, -0.05) is 34.5 Å². The van der Waals surface area contributed by atoms with Crippen molar-refractivity contribution in [3.8, 4) is 0 Å². The number of thioether (sulfide) groups is 1. The van der Waals surface area contributed by atoms with Crippen molar-refractivity contribution < 1.29 is 9.18 Å². The van der Waals surface area contributed by atoms with Gasteiger partial charge in [-0.15, -0.1) is 11.8 Å². The van der Waals surface area contributed by atoms with Gasteiger partial charge in [0.05, 0.1) is 10.9 Å². The molecule has 0 saturated heterocycles. The van der Waals surface area contributed by atoms with Crippen LogP contribution in [0, 0.1) is 5.82 Å². The second kappa shape index (κ2) is 7.99. The normalized spacial score (nSPS) is 12.0. The van der Waals surface area contributed by atoms with Crippen molar-refractivity contribution in [2.24, 2.45) is 0 Å². The number of anilines is 1. The van der Waals surface area contributed by atoms with Crippen LogP contribution in [0.1, 0.15) is 13.3 Å². The molecule has 22 heavy (non-hydrogen) atoms. The fourth-order valence-electron chi connectivity index (χ4n) is 1.80. The summed E-state index contributed by atoms with van der Waals surface area (Å²) in [5, 5.41) is 2.99. The fourth-order valence-corrected chi connectivity index (χ4v) is 3.22. The van der Waals surface area contributed by atoms with E-state index >= 15 is 0 Å². The van der Waals surface area contributed by atoms with E-state index in [9.17, 15) is 9.18 Å². The summed E-state index contributed by atoms with van der Waals surface area (Å²) in [5.74, 6) is -0.683. The van der Waals surface area contributed by atoms with Crippen molar-refractivity contribution in [2.45, 2.75) is 23.5 Å². The summed E-state index contributed by atoms with van der Waals surface area (Å²) in [6.07, 6.45) is 0.636. The van der Waals surface area contributed by atoms with Crippen molar-refractivity contribution in [3.63, 3.8) is 0 Å². The largest absolute Gasteiger partial charge is 0.323 e. The van der Waals surface area contributed by atoms with Crippen LogP contribution in [-0.2, 0) is 4.79 Å². The summed E-state index contributed by atoms with van der Waals surface area (Å²) in [5.41, 5.74) is 0.184. The molecule has 0 heterocycles. The van der Waals surface area contributed by atoms with Gasteiger partial charge in [-0.05, 0) is 48.9 Å².